The lowest BCUT2D eigenvalue weighted by Gasteiger charge is -2.28. The Balaban J connectivity index is 2.88. The fourth-order valence-electron chi connectivity index (χ4n) is 1.65. The van der Waals surface area contributed by atoms with Crippen molar-refractivity contribution in [2.45, 2.75) is 38.6 Å². The van der Waals surface area contributed by atoms with Crippen molar-refractivity contribution in [3.63, 3.8) is 0 Å². The highest BCUT2D eigenvalue weighted by molar-refractivity contribution is 5.14. The van der Waals surface area contributed by atoms with Gasteiger partial charge in [-0.25, -0.2) is 0 Å². The van der Waals surface area contributed by atoms with Gasteiger partial charge in [0.05, 0.1) is 0 Å². The smallest absolute Gasteiger partial charge is 0.109 e. The molecule has 14 heavy (non-hydrogen) atoms. The Morgan fingerprint density at radius 2 is 2.14 bits per heavy atom. The van der Waals surface area contributed by atoms with E-state index in [2.05, 4.69) is 0 Å². The van der Waals surface area contributed by atoms with Gasteiger partial charge in [-0.05, 0) is 39.3 Å². The Hall–Kier alpha value is -0.800. The number of rotatable bonds is 4. The summed E-state index contributed by atoms with van der Waals surface area (Å²) < 4.78 is 5.53. The molecule has 0 saturated carbocycles. The fourth-order valence-corrected chi connectivity index (χ4v) is 1.65. The number of hydrogen-bond donors (Lipinski definition) is 2. The molecule has 0 aliphatic rings. The topological polar surface area (TPSA) is 59.4 Å². The molecule has 0 fully saturated rings. The van der Waals surface area contributed by atoms with E-state index in [1.165, 1.54) is 0 Å². The molecule has 0 bridgehead atoms. The van der Waals surface area contributed by atoms with Crippen LogP contribution in [0, 0.1) is 6.92 Å². The van der Waals surface area contributed by atoms with Crippen LogP contribution in [0.3, 0.4) is 0 Å². The van der Waals surface area contributed by atoms with Crippen LogP contribution in [0.5, 0.6) is 0 Å². The second kappa shape index (κ2) is 4.15. The zero-order valence-electron chi connectivity index (χ0n) is 9.08. The van der Waals surface area contributed by atoms with E-state index in [0.717, 1.165) is 11.5 Å². The first-order valence-corrected chi connectivity index (χ1v) is 4.91. The van der Waals surface area contributed by atoms with Crippen molar-refractivity contribution in [2.75, 3.05) is 6.61 Å². The molecule has 3 heteroatoms. The Bertz CT molecular complexity index is 286. The van der Waals surface area contributed by atoms with Gasteiger partial charge < -0.3 is 15.3 Å². The SMILES string of the molecule is Cc1ccc(C(CCO)C(C)(C)N)o1. The molecule has 1 aromatic heterocycles. The van der Waals surface area contributed by atoms with E-state index in [9.17, 15) is 0 Å². The number of aliphatic hydroxyl groups excluding tert-OH is 1. The average Bonchev–Trinajstić information content (AvgIpc) is 2.45. The van der Waals surface area contributed by atoms with Crippen molar-refractivity contribution in [1.29, 1.82) is 0 Å². The monoisotopic (exact) mass is 197 g/mol. The summed E-state index contributed by atoms with van der Waals surface area (Å²) in [5.41, 5.74) is 5.67. The highest BCUT2D eigenvalue weighted by Crippen LogP contribution is 2.30. The van der Waals surface area contributed by atoms with Gasteiger partial charge in [-0.1, -0.05) is 0 Å². The molecule has 0 aromatic carbocycles. The second-order valence-corrected chi connectivity index (χ2v) is 4.33. The zero-order valence-corrected chi connectivity index (χ0v) is 9.08. The van der Waals surface area contributed by atoms with Gasteiger partial charge in [0.2, 0.25) is 0 Å². The van der Waals surface area contributed by atoms with Crippen molar-refractivity contribution in [1.82, 2.24) is 0 Å². The maximum atomic E-state index is 8.97. The van der Waals surface area contributed by atoms with E-state index in [1.54, 1.807) is 0 Å². The molecule has 80 valence electrons. The lowest BCUT2D eigenvalue weighted by atomic mass is 9.84. The summed E-state index contributed by atoms with van der Waals surface area (Å²) in [6.45, 7) is 5.93. The summed E-state index contributed by atoms with van der Waals surface area (Å²) in [6.07, 6.45) is 0.635. The molecule has 0 amide bonds. The fraction of sp³-hybridized carbons (Fsp3) is 0.636. The molecule has 1 heterocycles. The molecule has 1 aromatic rings. The molecule has 0 radical (unpaired) electrons. The minimum Gasteiger partial charge on any atom is -0.466 e. The molecular formula is C11H19NO2. The molecule has 3 nitrogen and oxygen atoms in total. The number of aryl methyl sites for hydroxylation is 1. The van der Waals surface area contributed by atoms with Gasteiger partial charge in [0, 0.05) is 18.1 Å². The summed E-state index contributed by atoms with van der Waals surface area (Å²) >= 11 is 0. The first-order chi connectivity index (χ1) is 6.45. The predicted molar refractivity (Wildman–Crippen MR) is 56.2 cm³/mol. The number of furan rings is 1. The molecule has 0 aliphatic heterocycles. The quantitative estimate of drug-likeness (QED) is 0.773. The number of hydrogen-bond acceptors (Lipinski definition) is 3. The third-order valence-electron chi connectivity index (χ3n) is 2.42. The van der Waals surface area contributed by atoms with Gasteiger partial charge >= 0.3 is 0 Å². The zero-order chi connectivity index (χ0) is 10.8. The van der Waals surface area contributed by atoms with E-state index >= 15 is 0 Å². The first kappa shape index (κ1) is 11.3. The second-order valence-electron chi connectivity index (χ2n) is 4.33. The third-order valence-corrected chi connectivity index (χ3v) is 2.42. The van der Waals surface area contributed by atoms with Crippen LogP contribution < -0.4 is 5.73 Å². The van der Waals surface area contributed by atoms with Gasteiger partial charge in [0.1, 0.15) is 11.5 Å². The van der Waals surface area contributed by atoms with Gasteiger partial charge in [-0.15, -0.1) is 0 Å². The van der Waals surface area contributed by atoms with Crippen molar-refractivity contribution in [3.8, 4) is 0 Å². The Labute approximate surface area is 84.9 Å². The summed E-state index contributed by atoms with van der Waals surface area (Å²) in [5, 5.41) is 8.97. The molecular weight excluding hydrogens is 178 g/mol. The minimum atomic E-state index is -0.368. The summed E-state index contributed by atoms with van der Waals surface area (Å²) in [7, 11) is 0. The van der Waals surface area contributed by atoms with E-state index in [0.29, 0.717) is 6.42 Å². The molecule has 3 N–H and O–H groups in total. The highest BCUT2D eigenvalue weighted by atomic mass is 16.3. The molecule has 0 spiro atoms. The summed E-state index contributed by atoms with van der Waals surface area (Å²) in [5.74, 6) is 1.82. The van der Waals surface area contributed by atoms with E-state index < -0.39 is 0 Å². The van der Waals surface area contributed by atoms with E-state index in [1.807, 2.05) is 32.9 Å². The average molecular weight is 197 g/mol. The van der Waals surface area contributed by atoms with Crippen molar-refractivity contribution in [3.05, 3.63) is 23.7 Å². The molecule has 0 aliphatic carbocycles. The maximum absolute atomic E-state index is 8.97. The summed E-state index contributed by atoms with van der Waals surface area (Å²) in [6, 6.07) is 3.86. The van der Waals surface area contributed by atoms with Gasteiger partial charge in [0.15, 0.2) is 0 Å². The predicted octanol–water partition coefficient (Wildman–Crippen LogP) is 1.79. The lowest BCUT2D eigenvalue weighted by molar-refractivity contribution is 0.235. The van der Waals surface area contributed by atoms with Crippen LogP contribution in [-0.2, 0) is 0 Å². The summed E-state index contributed by atoms with van der Waals surface area (Å²) in [4.78, 5) is 0. The van der Waals surface area contributed by atoms with Crippen LogP contribution >= 0.6 is 0 Å². The largest absolute Gasteiger partial charge is 0.466 e. The molecule has 1 atom stereocenters. The Morgan fingerprint density at radius 3 is 2.50 bits per heavy atom. The minimum absolute atomic E-state index is 0.0706. The van der Waals surface area contributed by atoms with Gasteiger partial charge in [-0.3, -0.25) is 0 Å². The van der Waals surface area contributed by atoms with E-state index in [-0.39, 0.29) is 18.1 Å². The highest BCUT2D eigenvalue weighted by Gasteiger charge is 2.28. The lowest BCUT2D eigenvalue weighted by Crippen LogP contribution is -2.39. The third kappa shape index (κ3) is 2.59. The molecule has 1 unspecified atom stereocenters. The van der Waals surface area contributed by atoms with Crippen LogP contribution in [0.1, 0.15) is 37.7 Å². The van der Waals surface area contributed by atoms with Crippen molar-refractivity contribution < 1.29 is 9.52 Å². The van der Waals surface area contributed by atoms with Gasteiger partial charge in [0.25, 0.3) is 0 Å². The van der Waals surface area contributed by atoms with Crippen LogP contribution in [-0.4, -0.2) is 17.3 Å². The number of nitrogens with two attached hydrogens (primary N) is 1. The standard InChI is InChI=1S/C11H19NO2/c1-8-4-5-10(14-8)9(6-7-13)11(2,3)12/h4-5,9,13H,6-7,12H2,1-3H3. The molecule has 1 rings (SSSR count). The van der Waals surface area contributed by atoms with Gasteiger partial charge in [-0.2, -0.15) is 0 Å². The van der Waals surface area contributed by atoms with Crippen LogP contribution in [0.25, 0.3) is 0 Å². The Morgan fingerprint density at radius 1 is 1.50 bits per heavy atom. The van der Waals surface area contributed by atoms with Crippen molar-refractivity contribution in [2.24, 2.45) is 5.73 Å². The van der Waals surface area contributed by atoms with Crippen LogP contribution in [0.4, 0.5) is 0 Å². The van der Waals surface area contributed by atoms with Crippen LogP contribution in [0.15, 0.2) is 16.5 Å². The number of aliphatic hydroxyl groups is 1. The van der Waals surface area contributed by atoms with Crippen LogP contribution in [0.2, 0.25) is 0 Å². The Kier molecular flexibility index (Phi) is 3.34. The maximum Gasteiger partial charge on any atom is 0.109 e. The normalized spacial score (nSPS) is 14.4. The first-order valence-electron chi connectivity index (χ1n) is 4.91. The van der Waals surface area contributed by atoms with E-state index in [4.69, 9.17) is 15.3 Å². The molecule has 0 saturated heterocycles. The van der Waals surface area contributed by atoms with Crippen molar-refractivity contribution >= 4 is 0 Å².